The average molecular weight is 252 g/mol. The maximum atomic E-state index is 4.60. The molecule has 18 heavy (non-hydrogen) atoms. The summed E-state index contributed by atoms with van der Waals surface area (Å²) < 4.78 is 0. The zero-order valence-electron chi connectivity index (χ0n) is 11.9. The Bertz CT molecular complexity index is 255. The third-order valence-electron chi connectivity index (χ3n) is 3.40. The Morgan fingerprint density at radius 1 is 1.39 bits per heavy atom. The molecule has 0 saturated carbocycles. The van der Waals surface area contributed by atoms with E-state index >= 15 is 0 Å². The summed E-state index contributed by atoms with van der Waals surface area (Å²) in [6, 6.07) is 0. The lowest BCUT2D eigenvalue weighted by molar-refractivity contribution is 0.214. The summed E-state index contributed by atoms with van der Waals surface area (Å²) in [5, 5.41) is 6.47. The van der Waals surface area contributed by atoms with Crippen molar-refractivity contribution in [2.75, 3.05) is 39.8 Å². The molecule has 1 aliphatic rings. The molecule has 1 aliphatic heterocycles. The molecule has 1 saturated heterocycles. The molecule has 0 radical (unpaired) electrons. The van der Waals surface area contributed by atoms with Gasteiger partial charge in [-0.15, -0.1) is 6.58 Å². The lowest BCUT2D eigenvalue weighted by Gasteiger charge is -2.28. The summed E-state index contributed by atoms with van der Waals surface area (Å²) >= 11 is 0. The summed E-state index contributed by atoms with van der Waals surface area (Å²) in [6.45, 7) is 10.8. The molecule has 0 unspecified atom stereocenters. The molecule has 2 N–H and O–H groups in total. The van der Waals surface area contributed by atoms with Crippen molar-refractivity contribution in [2.45, 2.75) is 26.2 Å². The zero-order chi connectivity index (χ0) is 13.2. The van der Waals surface area contributed by atoms with Gasteiger partial charge >= 0.3 is 0 Å². The predicted octanol–water partition coefficient (Wildman–Crippen LogP) is 1.46. The van der Waals surface area contributed by atoms with E-state index in [1.165, 1.54) is 32.4 Å². The lowest BCUT2D eigenvalue weighted by atomic mass is 9.94. The van der Waals surface area contributed by atoms with Crippen molar-refractivity contribution in [2.24, 2.45) is 10.9 Å². The Balaban J connectivity index is 2.24. The molecule has 0 spiro atoms. The molecule has 1 fully saturated rings. The highest BCUT2D eigenvalue weighted by atomic mass is 15.2. The third-order valence-corrected chi connectivity index (χ3v) is 3.40. The minimum absolute atomic E-state index is 0.764. The summed E-state index contributed by atoms with van der Waals surface area (Å²) in [6.07, 6.45) is 5.70. The Labute approximate surface area is 112 Å². The maximum absolute atomic E-state index is 4.60. The molecule has 1 heterocycles. The van der Waals surface area contributed by atoms with Crippen molar-refractivity contribution in [1.82, 2.24) is 15.5 Å². The highest BCUT2D eigenvalue weighted by Gasteiger charge is 2.15. The largest absolute Gasteiger partial charge is 0.357 e. The molecule has 4 heteroatoms. The number of rotatable bonds is 6. The number of likely N-dealkylation sites (tertiary alicyclic amines) is 1. The van der Waals surface area contributed by atoms with Crippen LogP contribution in [0.5, 0.6) is 0 Å². The van der Waals surface area contributed by atoms with Gasteiger partial charge in [0.05, 0.1) is 0 Å². The van der Waals surface area contributed by atoms with Crippen LogP contribution in [0.2, 0.25) is 0 Å². The molecule has 0 aromatic heterocycles. The van der Waals surface area contributed by atoms with Crippen LogP contribution in [0.25, 0.3) is 0 Å². The fourth-order valence-electron chi connectivity index (χ4n) is 2.22. The fraction of sp³-hybridized carbons (Fsp3) is 0.786. The molecule has 0 aromatic rings. The Kier molecular flexibility index (Phi) is 7.49. The molecule has 0 bridgehead atoms. The van der Waals surface area contributed by atoms with Gasteiger partial charge < -0.3 is 15.5 Å². The van der Waals surface area contributed by atoms with E-state index in [1.807, 2.05) is 6.08 Å². The van der Waals surface area contributed by atoms with Gasteiger partial charge in [0.2, 0.25) is 0 Å². The average Bonchev–Trinajstić information content (AvgIpc) is 2.38. The number of piperidine rings is 1. The van der Waals surface area contributed by atoms with E-state index < -0.39 is 0 Å². The van der Waals surface area contributed by atoms with Crippen molar-refractivity contribution >= 4 is 5.96 Å². The first kappa shape index (κ1) is 15.0. The monoisotopic (exact) mass is 252 g/mol. The summed E-state index contributed by atoms with van der Waals surface area (Å²) in [5.41, 5.74) is 0. The van der Waals surface area contributed by atoms with Crippen LogP contribution in [0.15, 0.2) is 17.6 Å². The summed E-state index contributed by atoms with van der Waals surface area (Å²) in [5.74, 6) is 1.76. The van der Waals surface area contributed by atoms with Crippen LogP contribution in [-0.2, 0) is 0 Å². The van der Waals surface area contributed by atoms with Crippen LogP contribution in [-0.4, -0.2) is 50.6 Å². The van der Waals surface area contributed by atoms with Gasteiger partial charge in [-0.05, 0) is 52.2 Å². The molecule has 0 atom stereocenters. The van der Waals surface area contributed by atoms with Crippen LogP contribution in [0.1, 0.15) is 26.2 Å². The van der Waals surface area contributed by atoms with Crippen LogP contribution >= 0.6 is 0 Å². The van der Waals surface area contributed by atoms with E-state index in [0.717, 1.165) is 31.5 Å². The Morgan fingerprint density at radius 2 is 2.11 bits per heavy atom. The molecule has 1 rings (SSSR count). The van der Waals surface area contributed by atoms with Gasteiger partial charge in [-0.1, -0.05) is 6.08 Å². The van der Waals surface area contributed by atoms with Gasteiger partial charge in [0, 0.05) is 19.6 Å². The van der Waals surface area contributed by atoms with Gasteiger partial charge in [0.1, 0.15) is 0 Å². The number of aliphatic imine (C=N–C) groups is 1. The van der Waals surface area contributed by atoms with Crippen molar-refractivity contribution in [1.29, 1.82) is 0 Å². The number of hydrogen-bond donors (Lipinski definition) is 2. The van der Waals surface area contributed by atoms with E-state index in [1.54, 1.807) is 0 Å². The smallest absolute Gasteiger partial charge is 0.191 e. The van der Waals surface area contributed by atoms with Gasteiger partial charge in [-0.2, -0.15) is 0 Å². The summed E-state index contributed by atoms with van der Waals surface area (Å²) in [7, 11) is 2.21. The van der Waals surface area contributed by atoms with E-state index in [-0.39, 0.29) is 0 Å². The first-order valence-electron chi connectivity index (χ1n) is 7.07. The van der Waals surface area contributed by atoms with E-state index in [4.69, 9.17) is 0 Å². The van der Waals surface area contributed by atoms with Crippen LogP contribution in [0, 0.1) is 5.92 Å². The van der Waals surface area contributed by atoms with Gasteiger partial charge in [-0.25, -0.2) is 0 Å². The van der Waals surface area contributed by atoms with Crippen molar-refractivity contribution < 1.29 is 0 Å². The minimum atomic E-state index is 0.764. The SMILES string of the molecule is C=CCNC(=NCCC1CCN(C)CC1)NCC. The van der Waals surface area contributed by atoms with Crippen molar-refractivity contribution in [3.8, 4) is 0 Å². The molecule has 104 valence electrons. The lowest BCUT2D eigenvalue weighted by Crippen LogP contribution is -2.37. The number of nitrogens with zero attached hydrogens (tertiary/aromatic N) is 2. The summed E-state index contributed by atoms with van der Waals surface area (Å²) in [4.78, 5) is 7.01. The van der Waals surface area contributed by atoms with Crippen molar-refractivity contribution in [3.63, 3.8) is 0 Å². The quantitative estimate of drug-likeness (QED) is 0.427. The Hall–Kier alpha value is -1.03. The van der Waals surface area contributed by atoms with Crippen LogP contribution in [0.4, 0.5) is 0 Å². The van der Waals surface area contributed by atoms with Crippen LogP contribution in [0.3, 0.4) is 0 Å². The van der Waals surface area contributed by atoms with Gasteiger partial charge in [0.15, 0.2) is 5.96 Å². The molecule has 4 nitrogen and oxygen atoms in total. The Morgan fingerprint density at radius 3 is 2.72 bits per heavy atom. The molecule has 0 aromatic carbocycles. The first-order chi connectivity index (χ1) is 8.76. The van der Waals surface area contributed by atoms with Gasteiger partial charge in [-0.3, -0.25) is 4.99 Å². The first-order valence-corrected chi connectivity index (χ1v) is 7.07. The molecule has 0 amide bonds. The minimum Gasteiger partial charge on any atom is -0.357 e. The molecular formula is C14H28N4. The third kappa shape index (κ3) is 6.05. The normalized spacial score (nSPS) is 18.7. The second-order valence-corrected chi connectivity index (χ2v) is 4.97. The highest BCUT2D eigenvalue weighted by molar-refractivity contribution is 5.79. The fourth-order valence-corrected chi connectivity index (χ4v) is 2.22. The second kappa shape index (κ2) is 8.97. The highest BCUT2D eigenvalue weighted by Crippen LogP contribution is 2.19. The van der Waals surface area contributed by atoms with Crippen molar-refractivity contribution in [3.05, 3.63) is 12.7 Å². The second-order valence-electron chi connectivity index (χ2n) is 4.97. The standard InChI is InChI=1S/C14H28N4/c1-4-9-16-14(15-5-2)17-10-6-13-7-11-18(3)12-8-13/h4,13H,1,5-12H2,2-3H3,(H2,15,16,17). The van der Waals surface area contributed by atoms with E-state index in [9.17, 15) is 0 Å². The predicted molar refractivity (Wildman–Crippen MR) is 79.0 cm³/mol. The number of nitrogens with one attached hydrogen (secondary N) is 2. The van der Waals surface area contributed by atoms with E-state index in [0.29, 0.717) is 0 Å². The molecule has 0 aliphatic carbocycles. The number of hydrogen-bond acceptors (Lipinski definition) is 2. The zero-order valence-corrected chi connectivity index (χ0v) is 11.9. The molecular weight excluding hydrogens is 224 g/mol. The maximum Gasteiger partial charge on any atom is 0.191 e. The number of guanidine groups is 1. The van der Waals surface area contributed by atoms with E-state index in [2.05, 4.69) is 41.1 Å². The van der Waals surface area contributed by atoms with Gasteiger partial charge in [0.25, 0.3) is 0 Å². The van der Waals surface area contributed by atoms with Crippen LogP contribution < -0.4 is 10.6 Å². The topological polar surface area (TPSA) is 39.7 Å².